The number of rotatable bonds is 2. The van der Waals surface area contributed by atoms with Gasteiger partial charge in [0, 0.05) is 11.3 Å². The molecule has 0 atom stereocenters. The Kier molecular flexibility index (Phi) is 2.29. The Morgan fingerprint density at radius 1 is 1.27 bits per heavy atom. The van der Waals surface area contributed by atoms with Crippen LogP contribution in [0, 0.1) is 6.92 Å². The third kappa shape index (κ3) is 1.91. The van der Waals surface area contributed by atoms with Crippen LogP contribution in [0.5, 0.6) is 0 Å². The van der Waals surface area contributed by atoms with Gasteiger partial charge < -0.3 is 10.2 Å². The van der Waals surface area contributed by atoms with Gasteiger partial charge >= 0.3 is 0 Å². The zero-order chi connectivity index (χ0) is 10.8. The molecule has 0 fully saturated rings. The predicted octanol–water partition coefficient (Wildman–Crippen LogP) is 2.65. The first-order valence-electron chi connectivity index (χ1n) is 4.61. The van der Waals surface area contributed by atoms with E-state index in [0.717, 1.165) is 11.1 Å². The molecule has 0 spiro atoms. The van der Waals surface area contributed by atoms with E-state index in [-0.39, 0.29) is 0 Å². The average molecular weight is 201 g/mol. The Bertz CT molecular complexity index is 480. The lowest BCUT2D eigenvalue weighted by atomic mass is 10.1. The van der Waals surface area contributed by atoms with Gasteiger partial charge in [0.25, 0.3) is 0 Å². The Morgan fingerprint density at radius 2 is 2.07 bits per heavy atom. The summed E-state index contributed by atoms with van der Waals surface area (Å²) in [5.74, 6) is 0.984. The summed E-state index contributed by atoms with van der Waals surface area (Å²) in [5.41, 5.74) is 8.37. The third-order valence-electron chi connectivity index (χ3n) is 2.13. The Labute approximate surface area is 87.5 Å². The van der Waals surface area contributed by atoms with E-state index in [0.29, 0.717) is 23.5 Å². The number of aldehydes is 1. The fraction of sp³-hybridized carbons (Fsp3) is 0.0833. The van der Waals surface area contributed by atoms with E-state index < -0.39 is 0 Å². The predicted molar refractivity (Wildman–Crippen MR) is 58.7 cm³/mol. The van der Waals surface area contributed by atoms with E-state index in [4.69, 9.17) is 10.2 Å². The van der Waals surface area contributed by atoms with Crippen molar-refractivity contribution in [3.8, 4) is 11.3 Å². The molecule has 3 heteroatoms. The highest BCUT2D eigenvalue weighted by Crippen LogP contribution is 2.24. The van der Waals surface area contributed by atoms with Gasteiger partial charge in [0.05, 0.1) is 0 Å². The van der Waals surface area contributed by atoms with Gasteiger partial charge in [-0.25, -0.2) is 0 Å². The van der Waals surface area contributed by atoms with Gasteiger partial charge in [-0.1, -0.05) is 0 Å². The monoisotopic (exact) mass is 201 g/mol. The largest absolute Gasteiger partial charge is 0.453 e. The molecule has 2 aromatic rings. The molecule has 0 aliphatic carbocycles. The molecule has 0 radical (unpaired) electrons. The number of hydrogen-bond donors (Lipinski definition) is 1. The van der Waals surface area contributed by atoms with Crippen molar-refractivity contribution in [1.29, 1.82) is 0 Å². The zero-order valence-electron chi connectivity index (χ0n) is 8.36. The van der Waals surface area contributed by atoms with Crippen molar-refractivity contribution in [1.82, 2.24) is 0 Å². The molecule has 0 aliphatic heterocycles. The minimum Gasteiger partial charge on any atom is -0.453 e. The van der Waals surface area contributed by atoms with Crippen LogP contribution < -0.4 is 5.73 Å². The summed E-state index contributed by atoms with van der Waals surface area (Å²) in [7, 11) is 0. The van der Waals surface area contributed by atoms with Crippen LogP contribution in [0.4, 0.5) is 5.69 Å². The van der Waals surface area contributed by atoms with Crippen molar-refractivity contribution < 1.29 is 9.21 Å². The Morgan fingerprint density at radius 3 is 2.67 bits per heavy atom. The van der Waals surface area contributed by atoms with Crippen LogP contribution in [0.15, 0.2) is 34.7 Å². The van der Waals surface area contributed by atoms with Gasteiger partial charge in [-0.05, 0) is 42.8 Å². The van der Waals surface area contributed by atoms with Crippen LogP contribution >= 0.6 is 0 Å². The average Bonchev–Trinajstić information content (AvgIpc) is 2.64. The van der Waals surface area contributed by atoms with Gasteiger partial charge in [0.15, 0.2) is 12.0 Å². The van der Waals surface area contributed by atoms with Gasteiger partial charge in [0.2, 0.25) is 0 Å². The maximum Gasteiger partial charge on any atom is 0.185 e. The van der Waals surface area contributed by atoms with Crippen molar-refractivity contribution in [3.05, 3.63) is 41.7 Å². The lowest BCUT2D eigenvalue weighted by Crippen LogP contribution is -1.86. The molecule has 0 bridgehead atoms. The van der Waals surface area contributed by atoms with Gasteiger partial charge in [-0.15, -0.1) is 0 Å². The molecule has 0 aliphatic rings. The Balaban J connectivity index is 2.48. The first-order chi connectivity index (χ1) is 7.19. The summed E-state index contributed by atoms with van der Waals surface area (Å²) < 4.78 is 5.31. The van der Waals surface area contributed by atoms with Crippen LogP contribution in [0.25, 0.3) is 11.3 Å². The van der Waals surface area contributed by atoms with Crippen molar-refractivity contribution in [3.63, 3.8) is 0 Å². The summed E-state index contributed by atoms with van der Waals surface area (Å²) in [4.78, 5) is 10.5. The number of nitrogen functional groups attached to an aromatic ring is 1. The fourth-order valence-corrected chi connectivity index (χ4v) is 1.53. The summed E-state index contributed by atoms with van der Waals surface area (Å²) in [6.07, 6.45) is 0.683. The number of furan rings is 1. The summed E-state index contributed by atoms with van der Waals surface area (Å²) >= 11 is 0. The van der Waals surface area contributed by atoms with E-state index in [1.807, 2.05) is 25.1 Å². The lowest BCUT2D eigenvalue weighted by molar-refractivity contribution is 0.110. The first kappa shape index (κ1) is 9.52. The number of carbonyl (C=O) groups is 1. The summed E-state index contributed by atoms with van der Waals surface area (Å²) in [6, 6.07) is 9.07. The van der Waals surface area contributed by atoms with Crippen LogP contribution in [-0.4, -0.2) is 6.29 Å². The molecule has 76 valence electrons. The maximum atomic E-state index is 10.5. The quantitative estimate of drug-likeness (QED) is 0.600. The molecule has 2 rings (SSSR count). The number of aryl methyl sites for hydroxylation is 1. The molecule has 15 heavy (non-hydrogen) atoms. The van der Waals surface area contributed by atoms with Gasteiger partial charge in [-0.3, -0.25) is 4.79 Å². The van der Waals surface area contributed by atoms with E-state index in [9.17, 15) is 4.79 Å². The van der Waals surface area contributed by atoms with Crippen LogP contribution in [0.3, 0.4) is 0 Å². The SMILES string of the molecule is Cc1cc(N)cc(-c2ccc(C=O)o2)c1. The molecule has 0 saturated carbocycles. The van der Waals surface area contributed by atoms with E-state index in [1.54, 1.807) is 12.1 Å². The standard InChI is InChI=1S/C12H11NO2/c1-8-4-9(6-10(13)5-8)12-3-2-11(7-14)15-12/h2-7H,13H2,1H3. The zero-order valence-corrected chi connectivity index (χ0v) is 8.36. The van der Waals surface area contributed by atoms with E-state index in [1.165, 1.54) is 0 Å². The van der Waals surface area contributed by atoms with Crippen molar-refractivity contribution in [2.45, 2.75) is 6.92 Å². The van der Waals surface area contributed by atoms with E-state index >= 15 is 0 Å². The smallest absolute Gasteiger partial charge is 0.185 e. The third-order valence-corrected chi connectivity index (χ3v) is 2.13. The molecule has 0 amide bonds. The highest BCUT2D eigenvalue weighted by Gasteiger charge is 2.05. The normalized spacial score (nSPS) is 10.2. The van der Waals surface area contributed by atoms with Crippen molar-refractivity contribution >= 4 is 12.0 Å². The number of carbonyl (C=O) groups excluding carboxylic acids is 1. The summed E-state index contributed by atoms with van der Waals surface area (Å²) in [6.45, 7) is 1.96. The van der Waals surface area contributed by atoms with Crippen LogP contribution in [0.1, 0.15) is 16.1 Å². The second-order valence-corrected chi connectivity index (χ2v) is 3.45. The molecule has 2 N–H and O–H groups in total. The molecule has 1 heterocycles. The van der Waals surface area contributed by atoms with Gasteiger partial charge in [0.1, 0.15) is 5.76 Å². The Hall–Kier alpha value is -2.03. The maximum absolute atomic E-state index is 10.5. The number of benzene rings is 1. The molecular weight excluding hydrogens is 190 g/mol. The minimum atomic E-state index is 0.324. The highest BCUT2D eigenvalue weighted by molar-refractivity contribution is 5.73. The van der Waals surface area contributed by atoms with Crippen molar-refractivity contribution in [2.75, 3.05) is 5.73 Å². The lowest BCUT2D eigenvalue weighted by Gasteiger charge is -2.01. The number of nitrogens with two attached hydrogens (primary N) is 1. The molecular formula is C12H11NO2. The minimum absolute atomic E-state index is 0.324. The molecule has 3 nitrogen and oxygen atoms in total. The second-order valence-electron chi connectivity index (χ2n) is 3.45. The molecule has 0 saturated heterocycles. The first-order valence-corrected chi connectivity index (χ1v) is 4.61. The van der Waals surface area contributed by atoms with E-state index in [2.05, 4.69) is 0 Å². The van der Waals surface area contributed by atoms with Gasteiger partial charge in [-0.2, -0.15) is 0 Å². The topological polar surface area (TPSA) is 56.2 Å². The summed E-state index contributed by atoms with van der Waals surface area (Å²) in [5, 5.41) is 0. The molecule has 1 aromatic heterocycles. The molecule has 0 unspecified atom stereocenters. The number of hydrogen-bond acceptors (Lipinski definition) is 3. The fourth-order valence-electron chi connectivity index (χ4n) is 1.53. The number of anilines is 1. The van der Waals surface area contributed by atoms with Crippen molar-refractivity contribution in [2.24, 2.45) is 0 Å². The van der Waals surface area contributed by atoms with Crippen LogP contribution in [-0.2, 0) is 0 Å². The highest BCUT2D eigenvalue weighted by atomic mass is 16.3. The van der Waals surface area contributed by atoms with Crippen LogP contribution in [0.2, 0.25) is 0 Å². The molecule has 1 aromatic carbocycles. The second kappa shape index (κ2) is 3.61.